The maximum absolute atomic E-state index is 12.9. The minimum atomic E-state index is -4.76. The fourth-order valence-corrected chi connectivity index (χ4v) is 4.19. The van der Waals surface area contributed by atoms with Gasteiger partial charge in [-0.05, 0) is 36.2 Å². The van der Waals surface area contributed by atoms with Crippen molar-refractivity contribution in [1.29, 1.82) is 0 Å². The van der Waals surface area contributed by atoms with Crippen LogP contribution in [0.15, 0.2) is 41.3 Å². The number of alkyl halides is 3. The molecule has 1 amide bonds. The van der Waals surface area contributed by atoms with Crippen LogP contribution in [0.4, 0.5) is 18.9 Å². The van der Waals surface area contributed by atoms with Crippen molar-refractivity contribution in [3.63, 3.8) is 0 Å². The summed E-state index contributed by atoms with van der Waals surface area (Å²) in [5.74, 6) is 1.64. The van der Waals surface area contributed by atoms with E-state index in [4.69, 9.17) is 0 Å². The van der Waals surface area contributed by atoms with Gasteiger partial charge in [0.05, 0.1) is 0 Å². The quantitative estimate of drug-likeness (QED) is 0.798. The smallest absolute Gasteiger partial charge is 0.324 e. The van der Waals surface area contributed by atoms with Gasteiger partial charge in [0, 0.05) is 43.0 Å². The van der Waals surface area contributed by atoms with E-state index in [2.05, 4.69) is 10.2 Å². The fourth-order valence-electron chi connectivity index (χ4n) is 3.21. The number of nitrogens with one attached hydrogen (secondary N) is 1. The Morgan fingerprint density at radius 1 is 1.17 bits per heavy atom. The summed E-state index contributed by atoms with van der Waals surface area (Å²) in [6.07, 6.45) is -3.58. The number of amides is 1. The molecule has 1 N–H and O–H groups in total. The SMILES string of the molecule is Cc1c(CN2CCSCC2)cccc1NC(=O)Cn1cccc(C(F)(F)F)c1=O. The number of benzene rings is 1. The average molecular weight is 425 g/mol. The first-order valence-corrected chi connectivity index (χ1v) is 10.4. The van der Waals surface area contributed by atoms with Crippen LogP contribution in [0.5, 0.6) is 0 Å². The largest absolute Gasteiger partial charge is 0.421 e. The molecule has 0 radical (unpaired) electrons. The van der Waals surface area contributed by atoms with Crippen molar-refractivity contribution in [1.82, 2.24) is 9.47 Å². The first-order valence-electron chi connectivity index (χ1n) is 9.21. The third kappa shape index (κ3) is 5.42. The van der Waals surface area contributed by atoms with Gasteiger partial charge in [-0.1, -0.05) is 12.1 Å². The van der Waals surface area contributed by atoms with Crippen LogP contribution in [0.1, 0.15) is 16.7 Å². The molecule has 1 aliphatic rings. The molecule has 29 heavy (non-hydrogen) atoms. The van der Waals surface area contributed by atoms with Crippen LogP contribution in [-0.4, -0.2) is 40.0 Å². The Bertz CT molecular complexity index is 937. The van der Waals surface area contributed by atoms with E-state index in [9.17, 15) is 22.8 Å². The van der Waals surface area contributed by atoms with Crippen LogP contribution >= 0.6 is 11.8 Å². The van der Waals surface area contributed by atoms with Crippen LogP contribution in [0, 0.1) is 6.92 Å². The van der Waals surface area contributed by atoms with Gasteiger partial charge in [-0.25, -0.2) is 0 Å². The minimum Gasteiger partial charge on any atom is -0.324 e. The summed E-state index contributed by atoms with van der Waals surface area (Å²) < 4.78 is 39.4. The number of carbonyl (C=O) groups is 1. The van der Waals surface area contributed by atoms with E-state index in [0.29, 0.717) is 11.8 Å². The third-order valence-corrected chi connectivity index (χ3v) is 5.80. The molecule has 1 saturated heterocycles. The number of hydrogen-bond donors (Lipinski definition) is 1. The van der Waals surface area contributed by atoms with Crippen molar-refractivity contribution < 1.29 is 18.0 Å². The molecule has 1 fully saturated rings. The number of nitrogens with zero attached hydrogens (tertiary/aromatic N) is 2. The van der Waals surface area contributed by atoms with Crippen LogP contribution in [0.3, 0.4) is 0 Å². The second kappa shape index (κ2) is 9.04. The number of thioether (sulfide) groups is 1. The fraction of sp³-hybridized carbons (Fsp3) is 0.400. The molecule has 1 aromatic carbocycles. The monoisotopic (exact) mass is 425 g/mol. The molecule has 0 bridgehead atoms. The van der Waals surface area contributed by atoms with Gasteiger partial charge in [0.25, 0.3) is 5.56 Å². The van der Waals surface area contributed by atoms with Crippen LogP contribution in [0.2, 0.25) is 0 Å². The Hall–Kier alpha value is -2.26. The molecule has 1 aromatic heterocycles. The van der Waals surface area contributed by atoms with E-state index in [1.165, 1.54) is 6.20 Å². The molecule has 2 aromatic rings. The van der Waals surface area contributed by atoms with E-state index in [0.717, 1.165) is 52.9 Å². The lowest BCUT2D eigenvalue weighted by atomic mass is 10.1. The lowest BCUT2D eigenvalue weighted by Crippen LogP contribution is -2.32. The number of anilines is 1. The summed E-state index contributed by atoms with van der Waals surface area (Å²) in [5, 5.41) is 2.72. The minimum absolute atomic E-state index is 0.490. The normalized spacial score (nSPS) is 15.3. The van der Waals surface area contributed by atoms with Crippen molar-refractivity contribution in [2.75, 3.05) is 29.9 Å². The number of aromatic nitrogens is 1. The highest BCUT2D eigenvalue weighted by Gasteiger charge is 2.34. The molecule has 0 saturated carbocycles. The molecular formula is C20H22F3N3O2S. The van der Waals surface area contributed by atoms with Crippen molar-refractivity contribution in [2.45, 2.75) is 26.2 Å². The summed E-state index contributed by atoms with van der Waals surface area (Å²) in [7, 11) is 0. The van der Waals surface area contributed by atoms with Gasteiger partial charge >= 0.3 is 6.18 Å². The Kier molecular flexibility index (Phi) is 6.69. The van der Waals surface area contributed by atoms with Gasteiger partial charge in [0.15, 0.2) is 0 Å². The molecule has 0 atom stereocenters. The van der Waals surface area contributed by atoms with E-state index in [-0.39, 0.29) is 0 Å². The van der Waals surface area contributed by atoms with Crippen molar-refractivity contribution >= 4 is 23.4 Å². The molecule has 2 heterocycles. The Morgan fingerprint density at radius 3 is 2.59 bits per heavy atom. The van der Waals surface area contributed by atoms with E-state index in [1.807, 2.05) is 30.8 Å². The summed E-state index contributed by atoms with van der Waals surface area (Å²) >= 11 is 1.93. The van der Waals surface area contributed by atoms with Crippen molar-refractivity contribution in [3.8, 4) is 0 Å². The molecule has 0 unspecified atom stereocenters. The summed E-state index contributed by atoms with van der Waals surface area (Å²) in [6.45, 7) is 4.22. The van der Waals surface area contributed by atoms with Gasteiger partial charge < -0.3 is 9.88 Å². The number of halogens is 3. The predicted molar refractivity (Wildman–Crippen MR) is 108 cm³/mol. The zero-order valence-electron chi connectivity index (χ0n) is 16.0. The third-order valence-electron chi connectivity index (χ3n) is 4.86. The number of rotatable bonds is 5. The van der Waals surface area contributed by atoms with Crippen molar-refractivity contribution in [3.05, 3.63) is 63.6 Å². The molecule has 0 aliphatic carbocycles. The molecule has 1 aliphatic heterocycles. The molecule has 9 heteroatoms. The summed E-state index contributed by atoms with van der Waals surface area (Å²) in [4.78, 5) is 26.7. The van der Waals surface area contributed by atoms with Gasteiger partial charge in [-0.3, -0.25) is 14.5 Å². The summed E-state index contributed by atoms with van der Waals surface area (Å²) in [6, 6.07) is 7.42. The number of pyridine rings is 1. The second-order valence-electron chi connectivity index (χ2n) is 6.88. The summed E-state index contributed by atoms with van der Waals surface area (Å²) in [5.41, 5.74) is 0.0783. The first kappa shape index (κ1) is 21.4. The second-order valence-corrected chi connectivity index (χ2v) is 8.10. The lowest BCUT2D eigenvalue weighted by molar-refractivity contribution is -0.139. The Labute approximate surface area is 170 Å². The Morgan fingerprint density at radius 2 is 1.90 bits per heavy atom. The van der Waals surface area contributed by atoms with Gasteiger partial charge in [-0.2, -0.15) is 24.9 Å². The maximum atomic E-state index is 12.9. The van der Waals surface area contributed by atoms with Crippen molar-refractivity contribution in [2.24, 2.45) is 0 Å². The average Bonchev–Trinajstić information content (AvgIpc) is 2.66. The standard InChI is InChI=1S/C20H22F3N3O2S/c1-14-15(12-25-8-10-29-11-9-25)4-2-6-17(14)24-18(27)13-26-7-3-5-16(19(26)28)20(21,22)23/h2-7H,8-13H2,1H3,(H,24,27). The topological polar surface area (TPSA) is 54.3 Å². The van der Waals surface area contributed by atoms with E-state index >= 15 is 0 Å². The molecular weight excluding hydrogens is 403 g/mol. The van der Waals surface area contributed by atoms with E-state index in [1.54, 1.807) is 6.07 Å². The first-order chi connectivity index (χ1) is 13.8. The van der Waals surface area contributed by atoms with Crippen LogP contribution in [0.25, 0.3) is 0 Å². The van der Waals surface area contributed by atoms with Crippen LogP contribution < -0.4 is 10.9 Å². The molecule has 5 nitrogen and oxygen atoms in total. The van der Waals surface area contributed by atoms with E-state index < -0.39 is 29.8 Å². The molecule has 156 valence electrons. The number of hydrogen-bond acceptors (Lipinski definition) is 4. The highest BCUT2D eigenvalue weighted by atomic mass is 32.2. The van der Waals surface area contributed by atoms with Crippen LogP contribution in [-0.2, 0) is 24.1 Å². The maximum Gasteiger partial charge on any atom is 0.421 e. The highest BCUT2D eigenvalue weighted by Crippen LogP contribution is 2.26. The predicted octanol–water partition coefficient (Wildman–Crippen LogP) is 3.36. The number of carbonyl (C=O) groups excluding carboxylic acids is 1. The zero-order valence-corrected chi connectivity index (χ0v) is 16.8. The molecule has 0 spiro atoms. The molecule has 3 rings (SSSR count). The zero-order chi connectivity index (χ0) is 21.0. The lowest BCUT2D eigenvalue weighted by Gasteiger charge is -2.27. The van der Waals surface area contributed by atoms with Gasteiger partial charge in [0.2, 0.25) is 5.91 Å². The highest BCUT2D eigenvalue weighted by molar-refractivity contribution is 7.99. The van der Waals surface area contributed by atoms with Gasteiger partial charge in [-0.15, -0.1) is 0 Å². The Balaban J connectivity index is 1.71. The van der Waals surface area contributed by atoms with Gasteiger partial charge in [0.1, 0.15) is 12.1 Å².